The Kier molecular flexibility index (Phi) is 23.2. The van der Waals surface area contributed by atoms with Crippen LogP contribution in [0.2, 0.25) is 0 Å². The molecule has 16 N–H and O–H groups in total. The Bertz CT molecular complexity index is 7970. The van der Waals surface area contributed by atoms with Crippen molar-refractivity contribution in [3.63, 3.8) is 0 Å². The summed E-state index contributed by atoms with van der Waals surface area (Å²) in [6.07, 6.45) is 4.69. The monoisotopic (exact) mass is 1980 g/mol. The molecule has 0 saturated carbocycles. The van der Waals surface area contributed by atoms with Crippen molar-refractivity contribution in [2.45, 2.75) is 182 Å². The van der Waals surface area contributed by atoms with Crippen molar-refractivity contribution in [2.75, 3.05) is 0 Å². The van der Waals surface area contributed by atoms with Crippen LogP contribution in [0.1, 0.15) is 222 Å². The van der Waals surface area contributed by atoms with E-state index >= 15 is 0 Å². The Morgan fingerprint density at radius 3 is 0.732 bits per heavy atom. The van der Waals surface area contributed by atoms with E-state index in [1.165, 1.54) is 102 Å². The van der Waals surface area contributed by atoms with Crippen molar-refractivity contribution in [1.82, 2.24) is 0 Å². The van der Waals surface area contributed by atoms with Crippen LogP contribution in [0.4, 0.5) is 0 Å². The van der Waals surface area contributed by atoms with Crippen molar-refractivity contribution in [1.29, 1.82) is 0 Å². The predicted octanol–water partition coefficient (Wildman–Crippen LogP) is 28.4. The second kappa shape index (κ2) is 35.2. The molecule has 18 aromatic rings. The summed E-state index contributed by atoms with van der Waals surface area (Å²) in [6, 6.07) is 108. The Labute approximate surface area is 865 Å². The number of fused-ring (bicyclic) bond motifs is 19. The van der Waals surface area contributed by atoms with Crippen molar-refractivity contribution in [2.24, 2.45) is 0 Å². The lowest BCUT2D eigenvalue weighted by atomic mass is 9.67. The third-order valence-corrected chi connectivity index (χ3v) is 32.6. The summed E-state index contributed by atoms with van der Waals surface area (Å²) in [6.45, 7) is 25.8. The fraction of sp³-hybridized carbons (Fsp3) is 0.221. The van der Waals surface area contributed by atoms with Crippen LogP contribution in [0, 0.1) is 0 Å². The fourth-order valence-electron chi connectivity index (χ4n) is 26.8. The summed E-state index contributed by atoms with van der Waals surface area (Å²) < 4.78 is 12.5. The maximum absolute atomic E-state index is 10.1. The van der Waals surface area contributed by atoms with E-state index < -0.39 is 16.6 Å². The first kappa shape index (κ1) is 98.2. The molecule has 2 heterocycles. The summed E-state index contributed by atoms with van der Waals surface area (Å²) in [7, 11) is 0. The molecular weight excluding hydrogens is 1860 g/mol. The van der Waals surface area contributed by atoms with Gasteiger partial charge in [0.05, 0.1) is 10.8 Å². The number of phenols is 16. The highest BCUT2D eigenvalue weighted by Gasteiger charge is 2.60. The van der Waals surface area contributed by atoms with Crippen LogP contribution < -0.4 is 9.47 Å². The molecule has 0 atom stereocenters. The average Bonchev–Trinajstić information content (AvgIpc) is 1.54. The zero-order valence-corrected chi connectivity index (χ0v) is 85.0. The van der Waals surface area contributed by atoms with Gasteiger partial charge in [-0.2, -0.15) is 0 Å². The first-order valence-corrected chi connectivity index (χ1v) is 50.4. The number of hydrogen-bond donors (Lipinski definition) is 16. The van der Waals surface area contributed by atoms with E-state index in [4.69, 9.17) is 19.7 Å². The quantitative estimate of drug-likeness (QED) is 0.0728. The SMILES string of the molecule is CC1(C)CC2(CC(C)(C)c3cc(O)c(O)cc32)c2cc(O)c(O)cc21.CC1(C)CC2(CC(C)(C)c3cc(O)c(O)cc3O2)Oc2cc(O)c(O)cc21.CC1(C)CC2(CC(C)(C)c3ccc(O)cc32)c2cc(O)ccc21.Oc1ccc(C2(c3ccc(O)cc3)c3ccccc3-c3ccccc32)cc1.Oc1ccc2cc(C3(c4ccc5cc(O)ccc5c4)c4ccccc4-c4ccccc43)ccc2c1.Oc1ccc2ccc(O)cc2c1. The molecule has 0 radical (unpaired) electrons. The van der Waals surface area contributed by atoms with Gasteiger partial charge < -0.3 is 91.2 Å². The predicted molar refractivity (Wildman–Crippen MR) is 583 cm³/mol. The lowest BCUT2D eigenvalue weighted by molar-refractivity contribution is -0.166. The van der Waals surface area contributed by atoms with Gasteiger partial charge in [0.25, 0.3) is 5.79 Å². The zero-order valence-electron chi connectivity index (χ0n) is 85.0. The van der Waals surface area contributed by atoms with E-state index in [1.807, 2.05) is 100 Å². The molecule has 6 aliphatic carbocycles. The van der Waals surface area contributed by atoms with Gasteiger partial charge in [0.15, 0.2) is 46.0 Å². The standard InChI is InChI=1S/C33H22O2.C25H18O2.C21H24O6.C21H24O4.C21H24O2.C10H8O2/c34-27-15-11-21-17-25(13-9-23(21)19-27)33(26-14-10-24-20-28(35)16-12-22(24)18-26)31-7-3-1-5-29(31)30-6-2-4-8-32(30)33;26-19-13-9-17(10-14-19)25(18-11-15-20(27)16-12-18)23-7-3-1-5-21(23)22-6-2-4-8-24(22)25;1-19(2)9-21(26-17-7-15(24)13(22)5-11(17)19)10-20(3,4)12-6-14(23)16(25)8-18(12)27-21;1-19(2)9-21(13-7-17(24)15(22)5-11(13)19)10-20(3,4)12-6-16(23)18(25)8-14(12)21;1-19(2)11-21(17-9-13(22)5-7-15(17)19)12-20(3,4)16-8-6-14(23)10-18(16)21;11-9-3-1-7-2-4-10(12)6-8(7)5-9/h1-20,34-35H;1-16,26-27H;5-8,22-25H,9-10H2,1-4H3;5-8,22-25H,9-10H2,1-4H3;5-10,22-23H,11-12H2,1-4H3;1-6,11-12H. The van der Waals surface area contributed by atoms with Crippen LogP contribution in [-0.4, -0.2) is 87.5 Å². The third kappa shape index (κ3) is 16.4. The molecular formula is C131H120O18. The Morgan fingerprint density at radius 2 is 0.396 bits per heavy atom. The molecule has 0 fully saturated rings. The minimum Gasteiger partial charge on any atom is -0.508 e. The molecule has 0 saturated heterocycles. The fourth-order valence-corrected chi connectivity index (χ4v) is 26.8. The summed E-state index contributed by atoms with van der Waals surface area (Å²) in [4.78, 5) is 0. The molecule has 0 amide bonds. The van der Waals surface area contributed by atoms with Gasteiger partial charge in [-0.15, -0.1) is 0 Å². The molecule has 2 aliphatic heterocycles. The van der Waals surface area contributed by atoms with Crippen LogP contribution in [0.3, 0.4) is 0 Å². The maximum Gasteiger partial charge on any atom is 0.252 e. The molecule has 18 aromatic carbocycles. The number of hydrogen-bond acceptors (Lipinski definition) is 18. The average molecular weight is 1980 g/mol. The Balaban J connectivity index is 0.000000107. The van der Waals surface area contributed by atoms with Crippen LogP contribution in [0.15, 0.2) is 340 Å². The van der Waals surface area contributed by atoms with Crippen LogP contribution >= 0.6 is 0 Å². The number of aromatic hydroxyl groups is 16. The molecule has 0 unspecified atom stereocenters. The highest BCUT2D eigenvalue weighted by Crippen LogP contribution is 2.68. The highest BCUT2D eigenvalue weighted by molar-refractivity contribution is 5.94. The number of ether oxygens (including phenoxy) is 2. The van der Waals surface area contributed by atoms with E-state index in [0.29, 0.717) is 35.8 Å². The van der Waals surface area contributed by atoms with Gasteiger partial charge in [0.1, 0.15) is 57.5 Å². The molecule has 0 bridgehead atoms. The van der Waals surface area contributed by atoms with Crippen molar-refractivity contribution >= 4 is 32.3 Å². The lowest BCUT2D eigenvalue weighted by Gasteiger charge is -2.51. The van der Waals surface area contributed by atoms with E-state index in [9.17, 15) is 71.5 Å². The number of rotatable bonds is 4. The molecule has 149 heavy (non-hydrogen) atoms. The van der Waals surface area contributed by atoms with Gasteiger partial charge in [-0.1, -0.05) is 265 Å². The Morgan fingerprint density at radius 1 is 0.168 bits per heavy atom. The molecule has 3 spiro atoms. The zero-order chi connectivity index (χ0) is 105. The van der Waals surface area contributed by atoms with E-state index in [-0.39, 0.29) is 124 Å². The first-order valence-electron chi connectivity index (χ1n) is 50.4. The smallest absolute Gasteiger partial charge is 0.252 e. The normalized spacial score (nSPS) is 17.3. The van der Waals surface area contributed by atoms with E-state index in [0.717, 1.165) is 103 Å². The molecule has 752 valence electrons. The maximum atomic E-state index is 10.1. The van der Waals surface area contributed by atoms with Gasteiger partial charge in [-0.3, -0.25) is 0 Å². The minimum atomic E-state index is -1.00. The summed E-state index contributed by atoms with van der Waals surface area (Å²) in [5.74, 6) is 0.739. The van der Waals surface area contributed by atoms with E-state index in [1.54, 1.807) is 97.1 Å². The van der Waals surface area contributed by atoms with Gasteiger partial charge in [-0.25, -0.2) is 0 Å². The van der Waals surface area contributed by atoms with Crippen molar-refractivity contribution in [3.8, 4) is 126 Å². The molecule has 18 nitrogen and oxygen atoms in total. The van der Waals surface area contributed by atoms with Gasteiger partial charge >= 0.3 is 0 Å². The highest BCUT2D eigenvalue weighted by atomic mass is 16.7. The van der Waals surface area contributed by atoms with Crippen molar-refractivity contribution < 1.29 is 91.2 Å². The van der Waals surface area contributed by atoms with Crippen molar-refractivity contribution in [3.05, 3.63) is 440 Å². The second-order valence-corrected chi connectivity index (χ2v) is 45.5. The van der Waals surface area contributed by atoms with Gasteiger partial charge in [-0.05, 0) is 337 Å². The van der Waals surface area contributed by atoms with Gasteiger partial charge in [0.2, 0.25) is 0 Å². The first-order chi connectivity index (χ1) is 70.7. The summed E-state index contributed by atoms with van der Waals surface area (Å²) >= 11 is 0. The van der Waals surface area contributed by atoms with E-state index in [2.05, 4.69) is 201 Å². The summed E-state index contributed by atoms with van der Waals surface area (Å²) in [5, 5.41) is 164. The Hall–Kier alpha value is -16.9. The third-order valence-electron chi connectivity index (χ3n) is 32.6. The molecule has 26 rings (SSSR count). The second-order valence-electron chi connectivity index (χ2n) is 45.5. The van der Waals surface area contributed by atoms with Gasteiger partial charge in [0, 0.05) is 57.8 Å². The molecule has 8 aliphatic rings. The topological polar surface area (TPSA) is 342 Å². The lowest BCUT2D eigenvalue weighted by Crippen LogP contribution is -2.55. The van der Waals surface area contributed by atoms with Crippen LogP contribution in [0.25, 0.3) is 54.6 Å². The number of phenolic OH excluding ortho intramolecular Hbond substituents is 16. The molecule has 0 aromatic heterocycles. The molecule has 18 heteroatoms. The van der Waals surface area contributed by atoms with Crippen LogP contribution in [0.5, 0.6) is 103 Å². The number of benzene rings is 18. The minimum absolute atomic E-state index is 0.0617. The van der Waals surface area contributed by atoms with Crippen LogP contribution in [-0.2, 0) is 54.1 Å². The largest absolute Gasteiger partial charge is 0.508 e. The summed E-state index contributed by atoms with van der Waals surface area (Å²) in [5.41, 5.74) is 22.7.